The van der Waals surface area contributed by atoms with Gasteiger partial charge >= 0.3 is 0 Å². The van der Waals surface area contributed by atoms with E-state index in [1.165, 1.54) is 19.2 Å². The van der Waals surface area contributed by atoms with Crippen LogP contribution < -0.4 is 14.8 Å². The monoisotopic (exact) mass is 402 g/mol. The first-order valence-electron chi connectivity index (χ1n) is 8.45. The molecule has 1 N–H and O–H groups in total. The Labute approximate surface area is 165 Å². The van der Waals surface area contributed by atoms with Crippen LogP contribution in [0.15, 0.2) is 36.8 Å². The molecule has 144 valence electrons. The summed E-state index contributed by atoms with van der Waals surface area (Å²) in [5.74, 6) is -0.320. The third-order valence-corrected chi connectivity index (χ3v) is 4.68. The molecule has 1 amide bonds. The van der Waals surface area contributed by atoms with Crippen molar-refractivity contribution in [1.82, 2.24) is 19.9 Å². The van der Waals surface area contributed by atoms with Crippen molar-refractivity contribution in [3.63, 3.8) is 0 Å². The minimum Gasteiger partial charge on any atom is -0.491 e. The number of methoxy groups -OCH3 is 1. The number of rotatable bonds is 4. The molecule has 2 aromatic heterocycles. The summed E-state index contributed by atoms with van der Waals surface area (Å²) < 4.78 is 26.1. The number of pyridine rings is 1. The number of nitrogens with zero attached hydrogens (tertiary/aromatic N) is 3. The second-order valence-corrected chi connectivity index (χ2v) is 6.70. The number of carbonyl (C=O) groups is 1. The molecule has 0 radical (unpaired) electrons. The smallest absolute Gasteiger partial charge is 0.270 e. The molecule has 9 heteroatoms. The van der Waals surface area contributed by atoms with E-state index in [1.807, 2.05) is 13.1 Å². The molecule has 0 fully saturated rings. The molecule has 3 heterocycles. The SMILES string of the molecule is COc1nc(C(=O)N[C@H]2COc3cc(F)c(Cl)cc32)ccc1-n1cnc(C)c1. The quantitative estimate of drug-likeness (QED) is 0.724. The van der Waals surface area contributed by atoms with Crippen LogP contribution in [0.2, 0.25) is 5.02 Å². The number of imidazole rings is 1. The molecule has 1 aliphatic heterocycles. The maximum absolute atomic E-state index is 13.6. The Bertz CT molecular complexity index is 1070. The van der Waals surface area contributed by atoms with Crippen molar-refractivity contribution >= 4 is 17.5 Å². The van der Waals surface area contributed by atoms with E-state index < -0.39 is 17.8 Å². The Kier molecular flexibility index (Phi) is 4.64. The lowest BCUT2D eigenvalue weighted by molar-refractivity contribution is 0.0924. The molecule has 1 atom stereocenters. The predicted octanol–water partition coefficient (Wildman–Crippen LogP) is 3.24. The molecular formula is C19H16ClFN4O3. The van der Waals surface area contributed by atoms with E-state index >= 15 is 0 Å². The van der Waals surface area contributed by atoms with Gasteiger partial charge in [-0.3, -0.25) is 4.79 Å². The van der Waals surface area contributed by atoms with Crippen LogP contribution in [0.3, 0.4) is 0 Å². The molecule has 0 unspecified atom stereocenters. The highest BCUT2D eigenvalue weighted by Crippen LogP contribution is 2.36. The van der Waals surface area contributed by atoms with Crippen LogP contribution in [0.25, 0.3) is 5.69 Å². The lowest BCUT2D eigenvalue weighted by Crippen LogP contribution is -2.30. The summed E-state index contributed by atoms with van der Waals surface area (Å²) in [5.41, 5.74) is 2.31. The van der Waals surface area contributed by atoms with Crippen molar-refractivity contribution in [2.45, 2.75) is 13.0 Å². The first kappa shape index (κ1) is 18.2. The van der Waals surface area contributed by atoms with Crippen molar-refractivity contribution in [1.29, 1.82) is 0 Å². The maximum Gasteiger partial charge on any atom is 0.270 e. The van der Waals surface area contributed by atoms with E-state index in [4.69, 9.17) is 21.1 Å². The summed E-state index contributed by atoms with van der Waals surface area (Å²) in [6, 6.07) is 5.55. The summed E-state index contributed by atoms with van der Waals surface area (Å²) in [4.78, 5) is 21.1. The van der Waals surface area contributed by atoms with Gasteiger partial charge in [0.15, 0.2) is 0 Å². The number of benzene rings is 1. The van der Waals surface area contributed by atoms with E-state index in [0.29, 0.717) is 22.9 Å². The first-order valence-corrected chi connectivity index (χ1v) is 8.82. The molecule has 4 rings (SSSR count). The Hall–Kier alpha value is -3.13. The summed E-state index contributed by atoms with van der Waals surface area (Å²) in [7, 11) is 1.48. The zero-order valence-electron chi connectivity index (χ0n) is 15.1. The van der Waals surface area contributed by atoms with Gasteiger partial charge in [0, 0.05) is 17.8 Å². The van der Waals surface area contributed by atoms with E-state index in [0.717, 1.165) is 5.69 Å². The first-order chi connectivity index (χ1) is 13.5. The molecule has 7 nitrogen and oxygen atoms in total. The average molecular weight is 403 g/mol. The van der Waals surface area contributed by atoms with Crippen molar-refractivity contribution in [3.05, 3.63) is 64.6 Å². The zero-order valence-corrected chi connectivity index (χ0v) is 15.8. The topological polar surface area (TPSA) is 78.3 Å². The van der Waals surface area contributed by atoms with Crippen LogP contribution in [0.5, 0.6) is 11.6 Å². The van der Waals surface area contributed by atoms with Gasteiger partial charge in [-0.25, -0.2) is 14.4 Å². The average Bonchev–Trinajstić information content (AvgIpc) is 3.28. The van der Waals surface area contributed by atoms with Gasteiger partial charge in [0.1, 0.15) is 29.6 Å². The second-order valence-electron chi connectivity index (χ2n) is 6.29. The maximum atomic E-state index is 13.6. The third-order valence-electron chi connectivity index (χ3n) is 4.39. The molecule has 0 aliphatic carbocycles. The fourth-order valence-electron chi connectivity index (χ4n) is 3.02. The van der Waals surface area contributed by atoms with Crippen LogP contribution in [0, 0.1) is 12.7 Å². The molecule has 1 aromatic carbocycles. The summed E-state index contributed by atoms with van der Waals surface area (Å²) >= 11 is 5.85. The molecule has 0 spiro atoms. The van der Waals surface area contributed by atoms with Crippen molar-refractivity contribution in [3.8, 4) is 17.3 Å². The number of aryl methyl sites for hydroxylation is 1. The van der Waals surface area contributed by atoms with Crippen molar-refractivity contribution < 1.29 is 18.7 Å². The van der Waals surface area contributed by atoms with E-state index in [2.05, 4.69) is 15.3 Å². The van der Waals surface area contributed by atoms with Gasteiger partial charge in [-0.05, 0) is 25.1 Å². The van der Waals surface area contributed by atoms with Crippen LogP contribution in [-0.4, -0.2) is 34.2 Å². The standard InChI is InChI=1S/C19H16ClFN4O3/c1-10-7-25(9-22-10)16-4-3-14(24-19(16)27-2)18(26)23-15-8-28-17-6-13(21)12(20)5-11(15)17/h3-7,9,15H,8H2,1-2H3,(H,23,26)/t15-/m0/s1. The molecule has 0 bridgehead atoms. The molecule has 3 aromatic rings. The highest BCUT2D eigenvalue weighted by Gasteiger charge is 2.28. The number of hydrogen-bond donors (Lipinski definition) is 1. The van der Waals surface area contributed by atoms with Crippen molar-refractivity contribution in [2.75, 3.05) is 13.7 Å². The van der Waals surface area contributed by atoms with Crippen LogP contribution in [0.4, 0.5) is 4.39 Å². The fraction of sp³-hybridized carbons (Fsp3) is 0.211. The minimum atomic E-state index is -0.566. The van der Waals surface area contributed by atoms with Crippen molar-refractivity contribution in [2.24, 2.45) is 0 Å². The number of fused-ring (bicyclic) bond motifs is 1. The van der Waals surface area contributed by atoms with Gasteiger partial charge in [0.2, 0.25) is 5.88 Å². The normalized spacial score (nSPS) is 15.1. The van der Waals surface area contributed by atoms with Crippen LogP contribution >= 0.6 is 11.6 Å². The fourth-order valence-corrected chi connectivity index (χ4v) is 3.19. The Balaban J connectivity index is 1.57. The number of ether oxygens (including phenoxy) is 2. The van der Waals surface area contributed by atoms with E-state index in [-0.39, 0.29) is 17.3 Å². The highest BCUT2D eigenvalue weighted by molar-refractivity contribution is 6.30. The minimum absolute atomic E-state index is 0.0247. The number of nitrogens with one attached hydrogen (secondary N) is 1. The van der Waals surface area contributed by atoms with Gasteiger partial charge in [-0.15, -0.1) is 0 Å². The van der Waals surface area contributed by atoms with E-state index in [9.17, 15) is 9.18 Å². The number of halogens is 2. The highest BCUT2D eigenvalue weighted by atomic mass is 35.5. The van der Waals surface area contributed by atoms with Gasteiger partial charge in [0.25, 0.3) is 5.91 Å². The number of hydrogen-bond acceptors (Lipinski definition) is 5. The van der Waals surface area contributed by atoms with Crippen LogP contribution in [-0.2, 0) is 0 Å². The lowest BCUT2D eigenvalue weighted by atomic mass is 10.1. The number of carbonyl (C=O) groups excluding carboxylic acids is 1. The summed E-state index contributed by atoms with van der Waals surface area (Å²) in [5, 5.41) is 2.81. The molecule has 0 saturated carbocycles. The van der Waals surface area contributed by atoms with Crippen LogP contribution in [0.1, 0.15) is 27.8 Å². The second kappa shape index (κ2) is 7.12. The lowest BCUT2D eigenvalue weighted by Gasteiger charge is -2.13. The number of aromatic nitrogens is 3. The zero-order chi connectivity index (χ0) is 19.8. The molecule has 0 saturated heterocycles. The van der Waals surface area contributed by atoms with Gasteiger partial charge in [-0.1, -0.05) is 11.6 Å². The summed E-state index contributed by atoms with van der Waals surface area (Å²) in [6.07, 6.45) is 3.47. The third kappa shape index (κ3) is 3.27. The molecule has 1 aliphatic rings. The predicted molar refractivity (Wildman–Crippen MR) is 99.8 cm³/mol. The molecular weight excluding hydrogens is 387 g/mol. The van der Waals surface area contributed by atoms with Gasteiger partial charge in [0.05, 0.1) is 30.2 Å². The van der Waals surface area contributed by atoms with E-state index in [1.54, 1.807) is 23.0 Å². The van der Waals surface area contributed by atoms with Gasteiger partial charge in [-0.2, -0.15) is 0 Å². The number of amides is 1. The largest absolute Gasteiger partial charge is 0.491 e. The Morgan fingerprint density at radius 1 is 1.43 bits per heavy atom. The van der Waals surface area contributed by atoms with Gasteiger partial charge < -0.3 is 19.4 Å². The Morgan fingerprint density at radius 2 is 2.25 bits per heavy atom. The summed E-state index contributed by atoms with van der Waals surface area (Å²) in [6.45, 7) is 2.06. The Morgan fingerprint density at radius 3 is 2.96 bits per heavy atom. The molecule has 28 heavy (non-hydrogen) atoms.